The van der Waals surface area contributed by atoms with Crippen LogP contribution in [-0.4, -0.2) is 35.7 Å². The summed E-state index contributed by atoms with van der Waals surface area (Å²) in [6.45, 7) is 0.163. The summed E-state index contributed by atoms with van der Waals surface area (Å²) >= 11 is 0. The molecule has 0 aromatic heterocycles. The smallest absolute Gasteiger partial charge is 0.253 e. The minimum atomic E-state index is -2.66. The maximum Gasteiger partial charge on any atom is 0.253 e. The van der Waals surface area contributed by atoms with Crippen LogP contribution in [0.2, 0.25) is 0 Å². The number of halogens is 2. The van der Waals surface area contributed by atoms with Crippen LogP contribution < -0.4 is 5.32 Å². The summed E-state index contributed by atoms with van der Waals surface area (Å²) < 4.78 is 26.5. The van der Waals surface area contributed by atoms with Crippen molar-refractivity contribution in [1.82, 2.24) is 4.90 Å². The number of rotatable bonds is 2. The highest BCUT2D eigenvalue weighted by Crippen LogP contribution is 2.31. The van der Waals surface area contributed by atoms with Crippen molar-refractivity contribution in [3.63, 3.8) is 0 Å². The molecule has 4 nitrogen and oxygen atoms in total. The van der Waals surface area contributed by atoms with Crippen LogP contribution in [0.25, 0.3) is 11.1 Å². The molecule has 0 saturated carbocycles. The van der Waals surface area contributed by atoms with Gasteiger partial charge < -0.3 is 10.2 Å². The average Bonchev–Trinajstić information content (AvgIpc) is 3.00. The van der Waals surface area contributed by atoms with Crippen LogP contribution >= 0.6 is 0 Å². The first-order valence-corrected chi connectivity index (χ1v) is 8.62. The summed E-state index contributed by atoms with van der Waals surface area (Å²) in [4.78, 5) is 25.4. The Hall–Kier alpha value is -2.76. The van der Waals surface area contributed by atoms with E-state index in [0.29, 0.717) is 12.0 Å². The summed E-state index contributed by atoms with van der Waals surface area (Å²) in [7, 11) is 0. The number of amides is 2. The van der Waals surface area contributed by atoms with E-state index in [4.69, 9.17) is 0 Å². The first-order valence-electron chi connectivity index (χ1n) is 8.62. The van der Waals surface area contributed by atoms with Crippen molar-refractivity contribution >= 4 is 17.5 Å². The summed E-state index contributed by atoms with van der Waals surface area (Å²) in [5.74, 6) is -2.89. The maximum atomic E-state index is 13.2. The number of carbonyl (C=O) groups is 2. The molecule has 2 aliphatic rings. The Morgan fingerprint density at radius 2 is 1.65 bits per heavy atom. The lowest BCUT2D eigenvalue weighted by atomic mass is 10.0. The number of likely N-dealkylation sites (tertiary alicyclic amines) is 1. The van der Waals surface area contributed by atoms with E-state index in [1.165, 1.54) is 4.90 Å². The monoisotopic (exact) mass is 356 g/mol. The van der Waals surface area contributed by atoms with Crippen LogP contribution in [0, 0.1) is 0 Å². The number of nitrogens with zero attached hydrogens (tertiary/aromatic N) is 1. The van der Waals surface area contributed by atoms with Gasteiger partial charge in [0.2, 0.25) is 5.91 Å². The predicted octanol–water partition coefficient (Wildman–Crippen LogP) is 3.72. The lowest BCUT2D eigenvalue weighted by Crippen LogP contribution is -2.42. The zero-order valence-corrected chi connectivity index (χ0v) is 14.1. The van der Waals surface area contributed by atoms with Crippen molar-refractivity contribution in [1.29, 1.82) is 0 Å². The lowest BCUT2D eigenvalue weighted by molar-refractivity contribution is -0.115. The van der Waals surface area contributed by atoms with Crippen LogP contribution in [0.4, 0.5) is 14.5 Å². The zero-order chi connectivity index (χ0) is 18.3. The van der Waals surface area contributed by atoms with Crippen molar-refractivity contribution in [3.8, 4) is 11.1 Å². The quantitative estimate of drug-likeness (QED) is 0.892. The van der Waals surface area contributed by atoms with E-state index in [1.807, 2.05) is 30.3 Å². The molecule has 2 amide bonds. The molecule has 1 saturated heterocycles. The second-order valence-corrected chi connectivity index (χ2v) is 6.82. The highest BCUT2D eigenvalue weighted by Gasteiger charge is 2.35. The van der Waals surface area contributed by atoms with Gasteiger partial charge in [-0.15, -0.1) is 0 Å². The molecule has 2 heterocycles. The number of hydrogen-bond acceptors (Lipinski definition) is 2. The number of alkyl halides is 2. The van der Waals surface area contributed by atoms with Gasteiger partial charge in [-0.1, -0.05) is 24.3 Å². The third kappa shape index (κ3) is 3.19. The molecule has 2 aromatic rings. The second kappa shape index (κ2) is 6.20. The van der Waals surface area contributed by atoms with E-state index >= 15 is 0 Å². The Morgan fingerprint density at radius 1 is 1.00 bits per heavy atom. The van der Waals surface area contributed by atoms with Gasteiger partial charge in [0.1, 0.15) is 0 Å². The predicted molar refractivity (Wildman–Crippen MR) is 94.3 cm³/mol. The Morgan fingerprint density at radius 3 is 2.35 bits per heavy atom. The summed E-state index contributed by atoms with van der Waals surface area (Å²) in [5, 5.41) is 2.83. The minimum Gasteiger partial charge on any atom is -0.338 e. The lowest BCUT2D eigenvalue weighted by Gasteiger charge is -2.31. The third-order valence-electron chi connectivity index (χ3n) is 4.98. The minimum absolute atomic E-state index is 0.00907. The van der Waals surface area contributed by atoms with Crippen LogP contribution in [0.3, 0.4) is 0 Å². The van der Waals surface area contributed by atoms with Crippen LogP contribution in [0.1, 0.15) is 28.8 Å². The first kappa shape index (κ1) is 16.7. The molecule has 1 N–H and O–H groups in total. The Kier molecular flexibility index (Phi) is 3.98. The van der Waals surface area contributed by atoms with Gasteiger partial charge >= 0.3 is 0 Å². The largest absolute Gasteiger partial charge is 0.338 e. The number of anilines is 1. The van der Waals surface area contributed by atoms with Gasteiger partial charge in [-0.25, -0.2) is 8.78 Å². The van der Waals surface area contributed by atoms with Crippen molar-refractivity contribution in [2.24, 2.45) is 0 Å². The van der Waals surface area contributed by atoms with Gasteiger partial charge in [-0.05, 0) is 34.9 Å². The van der Waals surface area contributed by atoms with Gasteiger partial charge in [0.15, 0.2) is 0 Å². The fourth-order valence-corrected chi connectivity index (χ4v) is 3.42. The van der Waals surface area contributed by atoms with Gasteiger partial charge in [0, 0.05) is 37.2 Å². The standard InChI is InChI=1S/C20H18F2N2O2/c21-20(22)7-9-24(10-8-20)19(26)14-3-1-13(2-4-14)15-5-6-16-12-18(25)23-17(16)11-15/h1-6,11H,7-10,12H2,(H,23,25). The molecule has 26 heavy (non-hydrogen) atoms. The molecule has 0 bridgehead atoms. The van der Waals surface area contributed by atoms with Gasteiger partial charge in [-0.2, -0.15) is 0 Å². The Labute approximate surface area is 149 Å². The van der Waals surface area contributed by atoms with E-state index in [1.54, 1.807) is 12.1 Å². The van der Waals surface area contributed by atoms with E-state index in [9.17, 15) is 18.4 Å². The van der Waals surface area contributed by atoms with Gasteiger partial charge in [0.05, 0.1) is 6.42 Å². The third-order valence-corrected chi connectivity index (χ3v) is 4.98. The second-order valence-electron chi connectivity index (χ2n) is 6.82. The maximum absolute atomic E-state index is 13.2. The number of nitrogens with one attached hydrogen (secondary N) is 1. The molecule has 0 aliphatic carbocycles. The molecule has 0 unspecified atom stereocenters. The molecule has 2 aromatic carbocycles. The van der Waals surface area contributed by atoms with Crippen molar-refractivity contribution < 1.29 is 18.4 Å². The molecule has 0 radical (unpaired) electrons. The van der Waals surface area contributed by atoms with E-state index in [0.717, 1.165) is 22.4 Å². The molecule has 134 valence electrons. The number of fused-ring (bicyclic) bond motifs is 1. The van der Waals surface area contributed by atoms with E-state index in [2.05, 4.69) is 5.32 Å². The molecule has 0 spiro atoms. The van der Waals surface area contributed by atoms with Crippen molar-refractivity contribution in [2.45, 2.75) is 25.2 Å². The van der Waals surface area contributed by atoms with Crippen molar-refractivity contribution in [2.75, 3.05) is 18.4 Å². The highest BCUT2D eigenvalue weighted by atomic mass is 19.3. The fourth-order valence-electron chi connectivity index (χ4n) is 3.42. The number of hydrogen-bond donors (Lipinski definition) is 1. The molecule has 0 atom stereocenters. The zero-order valence-electron chi connectivity index (χ0n) is 14.1. The topological polar surface area (TPSA) is 49.4 Å². The summed E-state index contributed by atoms with van der Waals surface area (Å²) in [6.07, 6.45) is -0.159. The molecular weight excluding hydrogens is 338 g/mol. The van der Waals surface area contributed by atoms with Crippen LogP contribution in [-0.2, 0) is 11.2 Å². The number of benzene rings is 2. The average molecular weight is 356 g/mol. The van der Waals surface area contributed by atoms with E-state index in [-0.39, 0.29) is 37.7 Å². The molecule has 6 heteroatoms. The van der Waals surface area contributed by atoms with Gasteiger partial charge in [0.25, 0.3) is 11.8 Å². The molecule has 4 rings (SSSR count). The van der Waals surface area contributed by atoms with Crippen molar-refractivity contribution in [3.05, 3.63) is 53.6 Å². The SMILES string of the molecule is O=C1Cc2ccc(-c3ccc(C(=O)N4CCC(F)(F)CC4)cc3)cc2N1. The van der Waals surface area contributed by atoms with Crippen LogP contribution in [0.15, 0.2) is 42.5 Å². The number of carbonyl (C=O) groups excluding carboxylic acids is 2. The van der Waals surface area contributed by atoms with E-state index < -0.39 is 5.92 Å². The Bertz CT molecular complexity index is 868. The summed E-state index contributed by atoms with van der Waals surface area (Å²) in [6, 6.07) is 12.9. The molecular formula is C20H18F2N2O2. The van der Waals surface area contributed by atoms with Crippen LogP contribution in [0.5, 0.6) is 0 Å². The molecule has 2 aliphatic heterocycles. The number of piperidine rings is 1. The molecule has 1 fully saturated rings. The normalized spacial score (nSPS) is 18.4. The first-order chi connectivity index (χ1) is 12.4. The van der Waals surface area contributed by atoms with Gasteiger partial charge in [-0.3, -0.25) is 9.59 Å². The fraction of sp³-hybridized carbons (Fsp3) is 0.300. The highest BCUT2D eigenvalue weighted by molar-refractivity contribution is 6.00. The summed E-state index contributed by atoms with van der Waals surface area (Å²) in [5.41, 5.74) is 4.17. The Balaban J connectivity index is 1.50.